The molecule has 3 aromatic rings. The number of nitrogens with zero attached hydrogens (tertiary/aromatic N) is 2. The minimum Gasteiger partial charge on any atom is -0.495 e. The number of hydrogen-bond acceptors (Lipinski definition) is 5. The van der Waals surface area contributed by atoms with Gasteiger partial charge in [-0.2, -0.15) is 0 Å². The molecule has 1 aromatic carbocycles. The number of nitrogens with one attached hydrogen (secondary N) is 2. The van der Waals surface area contributed by atoms with E-state index < -0.39 is 15.4 Å². The van der Waals surface area contributed by atoms with Gasteiger partial charge in [-0.15, -0.1) is 0 Å². The molecule has 2 aromatic heterocycles. The van der Waals surface area contributed by atoms with Crippen LogP contribution in [0.5, 0.6) is 5.75 Å². The lowest BCUT2D eigenvalue weighted by Gasteiger charge is -2.22. The first-order chi connectivity index (χ1) is 14.2. The molecular weight excluding hydrogens is 424 g/mol. The average Bonchev–Trinajstić information content (AvgIpc) is 3.20. The molecule has 0 amide bonds. The van der Waals surface area contributed by atoms with Crippen LogP contribution in [0.1, 0.15) is 26.6 Å². The van der Waals surface area contributed by atoms with Crippen LogP contribution in [-0.2, 0) is 15.4 Å². The second-order valence-electron chi connectivity index (χ2n) is 7.50. The molecular formula is C21H25ClN4O3S. The predicted molar refractivity (Wildman–Crippen MR) is 119 cm³/mol. The average molecular weight is 449 g/mol. The molecule has 0 spiro atoms. The number of ether oxygens (including phenoxy) is 1. The van der Waals surface area contributed by atoms with Gasteiger partial charge in [0.15, 0.2) is 0 Å². The second kappa shape index (κ2) is 8.75. The number of methoxy groups -OCH3 is 1. The smallest absolute Gasteiger partial charge is 0.211 e. The van der Waals surface area contributed by atoms with E-state index in [4.69, 9.17) is 21.3 Å². The van der Waals surface area contributed by atoms with Crippen molar-refractivity contribution in [3.05, 3.63) is 53.6 Å². The maximum absolute atomic E-state index is 11.9. The van der Waals surface area contributed by atoms with Crippen LogP contribution in [0, 0.1) is 0 Å². The molecule has 160 valence electrons. The number of sulfonamides is 1. The molecule has 0 aliphatic carbocycles. The highest BCUT2D eigenvalue weighted by Crippen LogP contribution is 2.36. The van der Waals surface area contributed by atoms with E-state index in [9.17, 15) is 8.42 Å². The third-order valence-electron chi connectivity index (χ3n) is 4.85. The van der Waals surface area contributed by atoms with Crippen LogP contribution in [0.3, 0.4) is 0 Å². The largest absolute Gasteiger partial charge is 0.495 e. The van der Waals surface area contributed by atoms with Crippen molar-refractivity contribution < 1.29 is 13.2 Å². The highest BCUT2D eigenvalue weighted by atomic mass is 35.5. The maximum atomic E-state index is 11.9. The molecule has 0 aliphatic heterocycles. The van der Waals surface area contributed by atoms with Crippen molar-refractivity contribution in [3.8, 4) is 28.3 Å². The number of benzene rings is 1. The number of aromatic nitrogens is 3. The zero-order chi connectivity index (χ0) is 21.9. The van der Waals surface area contributed by atoms with Crippen molar-refractivity contribution in [3.63, 3.8) is 0 Å². The standard InChI is InChI=1S/C21H25ClN4O3S/c1-5-30(27,28)24-13-21(2,3)20-25-18(14-8-10-23-11-9-14)19(26-20)15-6-7-16(22)17(12-15)29-4/h6-12,24H,5,13H2,1-4H3,(H,25,26). The van der Waals surface area contributed by atoms with E-state index in [1.54, 1.807) is 32.5 Å². The number of rotatable bonds is 8. The fraction of sp³-hybridized carbons (Fsp3) is 0.333. The summed E-state index contributed by atoms with van der Waals surface area (Å²) in [6.07, 6.45) is 3.42. The molecule has 0 aliphatic rings. The van der Waals surface area contributed by atoms with Crippen molar-refractivity contribution in [1.82, 2.24) is 19.7 Å². The Labute approximate surface area is 181 Å². The Bertz CT molecular complexity index is 1130. The Balaban J connectivity index is 2.09. The number of pyridine rings is 1. The number of imidazole rings is 1. The van der Waals surface area contributed by atoms with Gasteiger partial charge >= 0.3 is 0 Å². The van der Waals surface area contributed by atoms with Crippen molar-refractivity contribution in [2.24, 2.45) is 0 Å². The third kappa shape index (κ3) is 4.83. The number of aromatic amines is 1. The van der Waals surface area contributed by atoms with E-state index >= 15 is 0 Å². The molecule has 0 bridgehead atoms. The molecule has 0 fully saturated rings. The highest BCUT2D eigenvalue weighted by Gasteiger charge is 2.28. The highest BCUT2D eigenvalue weighted by molar-refractivity contribution is 7.89. The van der Waals surface area contributed by atoms with Gasteiger partial charge in [0.1, 0.15) is 11.6 Å². The molecule has 0 unspecified atom stereocenters. The number of H-pyrrole nitrogens is 1. The summed E-state index contributed by atoms with van der Waals surface area (Å²) >= 11 is 6.19. The topological polar surface area (TPSA) is 97.0 Å². The molecule has 7 nitrogen and oxygen atoms in total. The summed E-state index contributed by atoms with van der Waals surface area (Å²) in [6.45, 7) is 5.70. The van der Waals surface area contributed by atoms with Crippen LogP contribution >= 0.6 is 11.6 Å². The molecule has 30 heavy (non-hydrogen) atoms. The molecule has 9 heteroatoms. The van der Waals surface area contributed by atoms with Gasteiger partial charge in [0.2, 0.25) is 10.0 Å². The van der Waals surface area contributed by atoms with Crippen LogP contribution < -0.4 is 9.46 Å². The molecule has 3 rings (SSSR count). The molecule has 0 saturated carbocycles. The maximum Gasteiger partial charge on any atom is 0.211 e. The zero-order valence-corrected chi connectivity index (χ0v) is 18.9. The minimum absolute atomic E-state index is 0.0271. The summed E-state index contributed by atoms with van der Waals surface area (Å²) < 4.78 is 31.8. The summed E-state index contributed by atoms with van der Waals surface area (Å²) in [5, 5.41) is 0.511. The van der Waals surface area contributed by atoms with Gasteiger partial charge in [-0.05, 0) is 31.2 Å². The molecule has 2 N–H and O–H groups in total. The van der Waals surface area contributed by atoms with Gasteiger partial charge in [-0.3, -0.25) is 4.98 Å². The van der Waals surface area contributed by atoms with Crippen molar-refractivity contribution in [2.75, 3.05) is 19.4 Å². The van der Waals surface area contributed by atoms with Crippen molar-refractivity contribution >= 4 is 21.6 Å². The lowest BCUT2D eigenvalue weighted by atomic mass is 9.93. The molecule has 0 atom stereocenters. The lowest BCUT2D eigenvalue weighted by molar-refractivity contribution is 0.415. The van der Waals surface area contributed by atoms with Gasteiger partial charge in [0.25, 0.3) is 0 Å². The van der Waals surface area contributed by atoms with E-state index in [0.717, 1.165) is 22.5 Å². The Hall–Kier alpha value is -2.42. The van der Waals surface area contributed by atoms with Crippen molar-refractivity contribution in [1.29, 1.82) is 0 Å². The Morgan fingerprint density at radius 1 is 1.17 bits per heavy atom. The van der Waals surface area contributed by atoms with Crippen LogP contribution in [0.25, 0.3) is 22.5 Å². The quantitative estimate of drug-likeness (QED) is 0.542. The Morgan fingerprint density at radius 3 is 2.50 bits per heavy atom. The number of hydrogen-bond donors (Lipinski definition) is 2. The Morgan fingerprint density at radius 2 is 1.87 bits per heavy atom. The molecule has 0 saturated heterocycles. The first kappa shape index (κ1) is 22.3. The van der Waals surface area contributed by atoms with E-state index in [0.29, 0.717) is 16.6 Å². The van der Waals surface area contributed by atoms with E-state index in [2.05, 4.69) is 14.7 Å². The summed E-state index contributed by atoms with van der Waals surface area (Å²) in [5.74, 6) is 1.24. The normalized spacial score (nSPS) is 12.2. The number of halogens is 1. The van der Waals surface area contributed by atoms with E-state index in [-0.39, 0.29) is 12.3 Å². The summed E-state index contributed by atoms with van der Waals surface area (Å²) in [6, 6.07) is 9.25. The molecule has 0 radical (unpaired) electrons. The van der Waals surface area contributed by atoms with Crippen LogP contribution in [0.15, 0.2) is 42.7 Å². The monoisotopic (exact) mass is 448 g/mol. The molecule has 2 heterocycles. The van der Waals surface area contributed by atoms with E-state index in [1.807, 2.05) is 38.1 Å². The SMILES string of the molecule is CCS(=O)(=O)NCC(C)(C)c1nc(-c2ccc(Cl)c(OC)c2)c(-c2ccncc2)[nH]1. The van der Waals surface area contributed by atoms with Gasteiger partial charge in [-0.25, -0.2) is 18.1 Å². The van der Waals surface area contributed by atoms with Crippen LogP contribution in [0.2, 0.25) is 5.02 Å². The second-order valence-corrected chi connectivity index (χ2v) is 10.0. The fourth-order valence-electron chi connectivity index (χ4n) is 2.91. The minimum atomic E-state index is -3.31. The predicted octanol–water partition coefficient (Wildman–Crippen LogP) is 4.02. The van der Waals surface area contributed by atoms with Gasteiger partial charge in [0, 0.05) is 35.5 Å². The van der Waals surface area contributed by atoms with Crippen LogP contribution in [-0.4, -0.2) is 42.8 Å². The van der Waals surface area contributed by atoms with E-state index in [1.165, 1.54) is 0 Å². The lowest BCUT2D eigenvalue weighted by Crippen LogP contribution is -2.38. The Kier molecular flexibility index (Phi) is 6.50. The summed E-state index contributed by atoms with van der Waals surface area (Å²) in [7, 11) is -1.75. The fourth-order valence-corrected chi connectivity index (χ4v) is 3.89. The first-order valence-corrected chi connectivity index (χ1v) is 11.5. The van der Waals surface area contributed by atoms with Crippen LogP contribution in [0.4, 0.5) is 0 Å². The summed E-state index contributed by atoms with van der Waals surface area (Å²) in [4.78, 5) is 12.3. The van der Waals surface area contributed by atoms with Gasteiger partial charge in [-0.1, -0.05) is 31.5 Å². The van der Waals surface area contributed by atoms with Gasteiger partial charge in [0.05, 0.1) is 29.3 Å². The van der Waals surface area contributed by atoms with Gasteiger partial charge < -0.3 is 9.72 Å². The summed E-state index contributed by atoms with van der Waals surface area (Å²) in [5.41, 5.74) is 2.70. The van der Waals surface area contributed by atoms with Crippen molar-refractivity contribution in [2.45, 2.75) is 26.2 Å². The third-order valence-corrected chi connectivity index (χ3v) is 6.51. The zero-order valence-electron chi connectivity index (χ0n) is 17.4. The first-order valence-electron chi connectivity index (χ1n) is 9.49.